The van der Waals surface area contributed by atoms with E-state index in [0.29, 0.717) is 5.82 Å². The number of aromatic nitrogens is 2. The minimum absolute atomic E-state index is 0.00614. The molecule has 1 N–H and O–H groups in total. The average molecular weight is 208 g/mol. The van der Waals surface area contributed by atoms with Crippen LogP contribution >= 0.6 is 0 Å². The van der Waals surface area contributed by atoms with Gasteiger partial charge in [-0.1, -0.05) is 6.92 Å². The van der Waals surface area contributed by atoms with Gasteiger partial charge >= 0.3 is 5.97 Å². The van der Waals surface area contributed by atoms with E-state index in [1.165, 1.54) is 13.3 Å². The fourth-order valence-corrected chi connectivity index (χ4v) is 1.38. The number of rotatable bonds is 2. The summed E-state index contributed by atoms with van der Waals surface area (Å²) in [6, 6.07) is 0. The molecule has 0 amide bonds. The van der Waals surface area contributed by atoms with Gasteiger partial charge in [0.25, 0.3) is 5.56 Å². The molecular weight excluding hydrogens is 196 g/mol. The van der Waals surface area contributed by atoms with Crippen molar-refractivity contribution in [1.82, 2.24) is 9.97 Å². The molecule has 1 saturated carbocycles. The quantitative estimate of drug-likeness (QED) is 0.723. The highest BCUT2D eigenvalue weighted by atomic mass is 16.5. The lowest BCUT2D eigenvalue weighted by Crippen LogP contribution is -2.23. The molecule has 0 bridgehead atoms. The zero-order chi connectivity index (χ0) is 11.1. The lowest BCUT2D eigenvalue weighted by atomic mass is 10.1. The number of hydrogen-bond acceptors (Lipinski definition) is 4. The second kappa shape index (κ2) is 3.18. The van der Waals surface area contributed by atoms with Crippen LogP contribution in [-0.2, 0) is 10.2 Å². The number of aromatic amines is 1. The van der Waals surface area contributed by atoms with Gasteiger partial charge in [-0.3, -0.25) is 4.79 Å². The molecule has 1 aliphatic rings. The number of carbonyl (C=O) groups excluding carboxylic acids is 1. The first-order valence-electron chi connectivity index (χ1n) is 4.75. The van der Waals surface area contributed by atoms with Gasteiger partial charge in [0.1, 0.15) is 11.4 Å². The Morgan fingerprint density at radius 1 is 1.60 bits per heavy atom. The number of ether oxygens (including phenoxy) is 1. The van der Waals surface area contributed by atoms with Gasteiger partial charge in [0, 0.05) is 11.6 Å². The zero-order valence-corrected chi connectivity index (χ0v) is 8.66. The van der Waals surface area contributed by atoms with E-state index in [4.69, 9.17) is 0 Å². The third kappa shape index (κ3) is 1.65. The number of H-pyrrole nitrogens is 1. The van der Waals surface area contributed by atoms with E-state index in [1.807, 2.05) is 6.92 Å². The molecule has 1 aliphatic carbocycles. The van der Waals surface area contributed by atoms with Gasteiger partial charge in [-0.05, 0) is 12.8 Å². The Hall–Kier alpha value is -1.65. The van der Waals surface area contributed by atoms with Gasteiger partial charge in [-0.2, -0.15) is 0 Å². The van der Waals surface area contributed by atoms with Gasteiger partial charge in [-0.15, -0.1) is 0 Å². The SMILES string of the molecule is COC(=O)c1cnc(C2(C)CC2)[nH]c1=O. The Balaban J connectivity index is 2.39. The maximum absolute atomic E-state index is 11.5. The fraction of sp³-hybridized carbons (Fsp3) is 0.500. The van der Waals surface area contributed by atoms with Crippen molar-refractivity contribution in [3.8, 4) is 0 Å². The van der Waals surface area contributed by atoms with Gasteiger partial charge < -0.3 is 9.72 Å². The summed E-state index contributed by atoms with van der Waals surface area (Å²) >= 11 is 0. The Bertz CT molecular complexity index is 460. The summed E-state index contributed by atoms with van der Waals surface area (Å²) in [5.74, 6) is -0.00333. The lowest BCUT2D eigenvalue weighted by molar-refractivity contribution is 0.0598. The number of carbonyl (C=O) groups is 1. The number of hydrogen-bond donors (Lipinski definition) is 1. The van der Waals surface area contributed by atoms with E-state index < -0.39 is 11.5 Å². The minimum Gasteiger partial charge on any atom is -0.465 e. The molecule has 0 atom stereocenters. The van der Waals surface area contributed by atoms with E-state index in [9.17, 15) is 9.59 Å². The van der Waals surface area contributed by atoms with Crippen molar-refractivity contribution in [2.75, 3.05) is 7.11 Å². The maximum Gasteiger partial charge on any atom is 0.345 e. The van der Waals surface area contributed by atoms with E-state index in [0.717, 1.165) is 12.8 Å². The van der Waals surface area contributed by atoms with Gasteiger partial charge in [0.15, 0.2) is 0 Å². The van der Waals surface area contributed by atoms with Crippen LogP contribution in [0, 0.1) is 0 Å². The first kappa shape index (κ1) is 9.89. The highest BCUT2D eigenvalue weighted by molar-refractivity contribution is 5.88. The van der Waals surface area contributed by atoms with Gasteiger partial charge in [-0.25, -0.2) is 9.78 Å². The molecule has 1 fully saturated rings. The summed E-state index contributed by atoms with van der Waals surface area (Å²) in [7, 11) is 1.23. The Morgan fingerprint density at radius 3 is 2.73 bits per heavy atom. The van der Waals surface area contributed by atoms with Crippen LogP contribution in [0.25, 0.3) is 0 Å². The second-order valence-electron chi connectivity index (χ2n) is 4.03. The van der Waals surface area contributed by atoms with Crippen molar-refractivity contribution in [3.63, 3.8) is 0 Å². The number of methoxy groups -OCH3 is 1. The molecule has 0 spiro atoms. The van der Waals surface area contributed by atoms with Crippen LogP contribution in [-0.4, -0.2) is 23.0 Å². The summed E-state index contributed by atoms with van der Waals surface area (Å²) in [5.41, 5.74) is -0.487. The monoisotopic (exact) mass is 208 g/mol. The van der Waals surface area contributed by atoms with E-state index in [1.54, 1.807) is 0 Å². The smallest absolute Gasteiger partial charge is 0.345 e. The van der Waals surface area contributed by atoms with E-state index in [-0.39, 0.29) is 11.0 Å². The van der Waals surface area contributed by atoms with E-state index >= 15 is 0 Å². The molecule has 1 aromatic heterocycles. The molecule has 0 aliphatic heterocycles. The summed E-state index contributed by atoms with van der Waals surface area (Å²) in [6.07, 6.45) is 3.32. The number of nitrogens with zero attached hydrogens (tertiary/aromatic N) is 1. The predicted molar refractivity (Wildman–Crippen MR) is 52.8 cm³/mol. The first-order chi connectivity index (χ1) is 7.07. The summed E-state index contributed by atoms with van der Waals surface area (Å²) in [4.78, 5) is 29.4. The molecule has 5 heteroatoms. The highest BCUT2D eigenvalue weighted by Gasteiger charge is 2.41. The average Bonchev–Trinajstić information content (AvgIpc) is 2.96. The van der Waals surface area contributed by atoms with Crippen molar-refractivity contribution in [3.05, 3.63) is 27.9 Å². The topological polar surface area (TPSA) is 72.0 Å². The van der Waals surface area contributed by atoms with Crippen LogP contribution in [0.2, 0.25) is 0 Å². The number of nitrogens with one attached hydrogen (secondary N) is 1. The molecule has 2 rings (SSSR count). The third-order valence-electron chi connectivity index (χ3n) is 2.78. The van der Waals surface area contributed by atoms with Crippen LogP contribution in [0.1, 0.15) is 35.9 Å². The zero-order valence-electron chi connectivity index (χ0n) is 8.66. The molecule has 0 radical (unpaired) electrons. The lowest BCUT2D eigenvalue weighted by Gasteiger charge is -2.06. The summed E-state index contributed by atoms with van der Waals surface area (Å²) < 4.78 is 4.46. The number of esters is 1. The first-order valence-corrected chi connectivity index (χ1v) is 4.75. The largest absolute Gasteiger partial charge is 0.465 e. The van der Waals surface area contributed by atoms with Crippen LogP contribution < -0.4 is 5.56 Å². The van der Waals surface area contributed by atoms with E-state index in [2.05, 4.69) is 14.7 Å². The fourth-order valence-electron chi connectivity index (χ4n) is 1.38. The maximum atomic E-state index is 11.5. The molecule has 80 valence electrons. The van der Waals surface area contributed by atoms with Crippen molar-refractivity contribution < 1.29 is 9.53 Å². The van der Waals surface area contributed by atoms with Crippen LogP contribution in [0.5, 0.6) is 0 Å². The molecule has 5 nitrogen and oxygen atoms in total. The Labute approximate surface area is 86.5 Å². The van der Waals surface area contributed by atoms with Gasteiger partial charge in [0.05, 0.1) is 7.11 Å². The predicted octanol–water partition coefficient (Wildman–Crippen LogP) is 0.608. The van der Waals surface area contributed by atoms with Crippen LogP contribution in [0.15, 0.2) is 11.0 Å². The Kier molecular flexibility index (Phi) is 2.10. The van der Waals surface area contributed by atoms with Crippen LogP contribution in [0.4, 0.5) is 0 Å². The third-order valence-corrected chi connectivity index (χ3v) is 2.78. The minimum atomic E-state index is -0.656. The molecule has 0 aromatic carbocycles. The molecule has 1 heterocycles. The van der Waals surface area contributed by atoms with Crippen LogP contribution in [0.3, 0.4) is 0 Å². The highest BCUT2D eigenvalue weighted by Crippen LogP contribution is 2.45. The molecule has 15 heavy (non-hydrogen) atoms. The van der Waals surface area contributed by atoms with Crippen molar-refractivity contribution in [2.24, 2.45) is 0 Å². The standard InChI is InChI=1S/C10H12N2O3/c1-10(3-4-10)9-11-5-6(7(13)12-9)8(14)15-2/h5H,3-4H2,1-2H3,(H,11,12,13). The van der Waals surface area contributed by atoms with Gasteiger partial charge in [0.2, 0.25) is 0 Å². The molecule has 0 saturated heterocycles. The second-order valence-corrected chi connectivity index (χ2v) is 4.03. The molecule has 0 unspecified atom stereocenters. The van der Waals surface area contributed by atoms with Crippen molar-refractivity contribution >= 4 is 5.97 Å². The van der Waals surface area contributed by atoms with Crippen molar-refractivity contribution in [2.45, 2.75) is 25.2 Å². The summed E-state index contributed by atoms with van der Waals surface area (Å²) in [5, 5.41) is 0. The normalized spacial score (nSPS) is 17.2. The Morgan fingerprint density at radius 2 is 2.27 bits per heavy atom. The summed E-state index contributed by atoms with van der Waals surface area (Å²) in [6.45, 7) is 2.03. The molecule has 1 aromatic rings. The molecular formula is C10H12N2O3. The van der Waals surface area contributed by atoms with Crippen molar-refractivity contribution in [1.29, 1.82) is 0 Å².